The van der Waals surface area contributed by atoms with E-state index in [4.69, 9.17) is 0 Å². The van der Waals surface area contributed by atoms with E-state index < -0.39 is 10.8 Å². The number of aryl methyl sites for hydroxylation is 1. The molecule has 4 saturated carbocycles. The Morgan fingerprint density at radius 3 is 2.45 bits per heavy atom. The van der Waals surface area contributed by atoms with Crippen molar-refractivity contribution in [3.63, 3.8) is 0 Å². The highest BCUT2D eigenvalue weighted by atomic mass is 16.6. The molecule has 4 bridgehead atoms. The van der Waals surface area contributed by atoms with Crippen molar-refractivity contribution in [2.75, 3.05) is 5.32 Å². The Morgan fingerprint density at radius 1 is 1.24 bits per heavy atom. The molecule has 1 amide bonds. The number of nitrogens with one attached hydrogen (secondary N) is 1. The maximum atomic E-state index is 12.8. The number of hydrogen-bond donors (Lipinski definition) is 2. The summed E-state index contributed by atoms with van der Waals surface area (Å²) in [6.45, 7) is 1.83. The Balaban J connectivity index is 1.49. The predicted octanol–water partition coefficient (Wildman–Crippen LogP) is 3.98. The molecular formula is C21H24N4O4. The zero-order chi connectivity index (χ0) is 20.3. The number of anilines is 1. The molecule has 8 heteroatoms. The fraction of sp³-hybridized carbons (Fsp3) is 0.524. The Morgan fingerprint density at radius 2 is 1.86 bits per heavy atom. The third-order valence-electron chi connectivity index (χ3n) is 7.00. The van der Waals surface area contributed by atoms with Crippen LogP contribution in [0.15, 0.2) is 24.4 Å². The minimum Gasteiger partial charge on any atom is -0.506 e. The summed E-state index contributed by atoms with van der Waals surface area (Å²) in [4.78, 5) is 24.0. The van der Waals surface area contributed by atoms with Gasteiger partial charge in [0, 0.05) is 0 Å². The first kappa shape index (κ1) is 18.1. The van der Waals surface area contributed by atoms with Gasteiger partial charge in [-0.25, -0.2) is 0 Å². The topological polar surface area (TPSA) is 110 Å². The van der Waals surface area contributed by atoms with Crippen molar-refractivity contribution in [1.29, 1.82) is 0 Å². The first-order valence-corrected chi connectivity index (χ1v) is 10.2. The van der Waals surface area contributed by atoms with E-state index in [1.807, 2.05) is 6.92 Å². The van der Waals surface area contributed by atoms with E-state index in [1.165, 1.54) is 31.5 Å². The molecule has 2 N–H and O–H groups in total. The van der Waals surface area contributed by atoms with E-state index in [1.54, 1.807) is 16.8 Å². The fourth-order valence-electron chi connectivity index (χ4n) is 6.18. The SMILES string of the molecule is Cc1ccc(O)c(NC(=O)c2nn(C34CC5CC(CC(C5)C3)C4)cc2[N+](=O)[O-])c1. The summed E-state index contributed by atoms with van der Waals surface area (Å²) in [6.07, 6.45) is 8.15. The molecule has 2 aromatic rings. The number of hydrogen-bond acceptors (Lipinski definition) is 5. The number of aromatic nitrogens is 2. The standard InChI is InChI=1S/C21H24N4O4/c1-12-2-3-18(26)16(4-12)22-20(27)19-17(25(28)29)11-24(23-19)21-8-13-5-14(9-21)7-15(6-13)10-21/h2-4,11,13-15,26H,5-10H2,1H3,(H,22,27). The van der Waals surface area contributed by atoms with Gasteiger partial charge in [0.15, 0.2) is 0 Å². The molecule has 0 atom stereocenters. The van der Waals surface area contributed by atoms with Crippen LogP contribution in [0.3, 0.4) is 0 Å². The van der Waals surface area contributed by atoms with Crippen LogP contribution in [-0.4, -0.2) is 25.7 Å². The second-order valence-electron chi connectivity index (χ2n) is 9.18. The number of phenols is 1. The summed E-state index contributed by atoms with van der Waals surface area (Å²) < 4.78 is 1.72. The smallest absolute Gasteiger partial charge is 0.320 e. The number of carbonyl (C=O) groups is 1. The van der Waals surface area contributed by atoms with Crippen molar-refractivity contribution in [3.8, 4) is 5.75 Å². The van der Waals surface area contributed by atoms with Gasteiger partial charge in [-0.05, 0) is 80.9 Å². The number of amides is 1. The largest absolute Gasteiger partial charge is 0.506 e. The van der Waals surface area contributed by atoms with Crippen LogP contribution >= 0.6 is 0 Å². The molecule has 1 aromatic heterocycles. The molecule has 1 aromatic carbocycles. The highest BCUT2D eigenvalue weighted by Gasteiger charge is 2.53. The molecule has 0 unspecified atom stereocenters. The molecule has 0 radical (unpaired) electrons. The summed E-state index contributed by atoms with van der Waals surface area (Å²) in [6, 6.07) is 4.82. The number of nitrogens with zero attached hydrogens (tertiary/aromatic N) is 3. The van der Waals surface area contributed by atoms with E-state index in [0.717, 1.165) is 24.8 Å². The highest BCUT2D eigenvalue weighted by Crippen LogP contribution is 2.58. The van der Waals surface area contributed by atoms with Gasteiger partial charge in [-0.1, -0.05) is 6.07 Å². The number of carbonyl (C=O) groups excluding carboxylic acids is 1. The third kappa shape index (κ3) is 2.97. The lowest BCUT2D eigenvalue weighted by Crippen LogP contribution is -2.52. The molecule has 6 rings (SSSR count). The van der Waals surface area contributed by atoms with Gasteiger partial charge in [0.2, 0.25) is 5.69 Å². The van der Waals surface area contributed by atoms with Crippen molar-refractivity contribution in [2.24, 2.45) is 17.8 Å². The van der Waals surface area contributed by atoms with Crippen LogP contribution in [0.1, 0.15) is 54.6 Å². The molecule has 4 aliphatic rings. The van der Waals surface area contributed by atoms with Gasteiger partial charge in [-0.15, -0.1) is 0 Å². The number of nitro groups is 1. The van der Waals surface area contributed by atoms with Gasteiger partial charge in [0.05, 0.1) is 16.1 Å². The molecular weight excluding hydrogens is 372 g/mol. The van der Waals surface area contributed by atoms with Gasteiger partial charge in [0.25, 0.3) is 5.91 Å². The molecule has 0 saturated heterocycles. The van der Waals surface area contributed by atoms with Crippen LogP contribution in [0.2, 0.25) is 0 Å². The van der Waals surface area contributed by atoms with E-state index in [0.29, 0.717) is 17.8 Å². The summed E-state index contributed by atoms with van der Waals surface area (Å²) >= 11 is 0. The van der Waals surface area contributed by atoms with Crippen molar-refractivity contribution < 1.29 is 14.8 Å². The van der Waals surface area contributed by atoms with Crippen LogP contribution in [0, 0.1) is 34.8 Å². The van der Waals surface area contributed by atoms with Crippen molar-refractivity contribution in [1.82, 2.24) is 9.78 Å². The molecule has 152 valence electrons. The average molecular weight is 396 g/mol. The summed E-state index contributed by atoms with van der Waals surface area (Å²) in [5.41, 5.74) is 0.376. The predicted molar refractivity (Wildman–Crippen MR) is 106 cm³/mol. The number of aromatic hydroxyl groups is 1. The molecule has 8 nitrogen and oxygen atoms in total. The second kappa shape index (κ2) is 6.30. The minimum atomic E-state index is -0.680. The monoisotopic (exact) mass is 396 g/mol. The van der Waals surface area contributed by atoms with Crippen LogP contribution in [0.5, 0.6) is 5.75 Å². The molecule has 4 fully saturated rings. The number of benzene rings is 1. The number of rotatable bonds is 4. The first-order valence-electron chi connectivity index (χ1n) is 10.2. The van der Waals surface area contributed by atoms with E-state index in [-0.39, 0.29) is 28.4 Å². The van der Waals surface area contributed by atoms with Crippen molar-refractivity contribution in [2.45, 2.75) is 51.0 Å². The third-order valence-corrected chi connectivity index (χ3v) is 7.00. The van der Waals surface area contributed by atoms with Gasteiger partial charge in [-0.3, -0.25) is 19.6 Å². The minimum absolute atomic E-state index is 0.0906. The summed E-state index contributed by atoms with van der Waals surface area (Å²) in [7, 11) is 0. The van der Waals surface area contributed by atoms with Crippen LogP contribution in [0.25, 0.3) is 0 Å². The zero-order valence-electron chi connectivity index (χ0n) is 16.3. The zero-order valence-corrected chi connectivity index (χ0v) is 16.3. The molecule has 1 heterocycles. The summed E-state index contributed by atoms with van der Waals surface area (Å²) in [5.74, 6) is 1.20. The van der Waals surface area contributed by atoms with Crippen molar-refractivity contribution in [3.05, 3.63) is 45.8 Å². The lowest BCUT2D eigenvalue weighted by Gasteiger charge is -2.56. The quantitative estimate of drug-likeness (QED) is 0.461. The van der Waals surface area contributed by atoms with Gasteiger partial charge < -0.3 is 10.4 Å². The van der Waals surface area contributed by atoms with Crippen molar-refractivity contribution >= 4 is 17.3 Å². The average Bonchev–Trinajstić information content (AvgIpc) is 3.10. The summed E-state index contributed by atoms with van der Waals surface area (Å²) in [5, 5.41) is 28.7. The Kier molecular flexibility index (Phi) is 3.94. The van der Waals surface area contributed by atoms with Crippen LogP contribution < -0.4 is 5.32 Å². The van der Waals surface area contributed by atoms with Crippen LogP contribution in [0.4, 0.5) is 11.4 Å². The highest BCUT2D eigenvalue weighted by molar-refractivity contribution is 6.06. The van der Waals surface area contributed by atoms with Gasteiger partial charge in [-0.2, -0.15) is 5.10 Å². The molecule has 29 heavy (non-hydrogen) atoms. The van der Waals surface area contributed by atoms with Gasteiger partial charge in [0.1, 0.15) is 11.9 Å². The molecule has 0 aliphatic heterocycles. The normalized spacial score (nSPS) is 29.8. The second-order valence-corrected chi connectivity index (χ2v) is 9.18. The Bertz CT molecular complexity index is 977. The van der Waals surface area contributed by atoms with Gasteiger partial charge >= 0.3 is 5.69 Å². The maximum Gasteiger partial charge on any atom is 0.320 e. The molecule has 4 aliphatic carbocycles. The Hall–Kier alpha value is -2.90. The number of phenolic OH excluding ortho intramolecular Hbond substituents is 1. The maximum absolute atomic E-state index is 12.8. The fourth-order valence-corrected chi connectivity index (χ4v) is 6.18. The van der Waals surface area contributed by atoms with Crippen LogP contribution in [-0.2, 0) is 5.54 Å². The first-order chi connectivity index (χ1) is 13.8. The van der Waals surface area contributed by atoms with E-state index in [2.05, 4.69) is 10.4 Å². The Labute approximate surface area is 168 Å². The van der Waals surface area contributed by atoms with E-state index >= 15 is 0 Å². The lowest BCUT2D eigenvalue weighted by atomic mass is 9.53. The van der Waals surface area contributed by atoms with E-state index in [9.17, 15) is 20.0 Å². The lowest BCUT2D eigenvalue weighted by molar-refractivity contribution is -0.385. The molecule has 0 spiro atoms.